The van der Waals surface area contributed by atoms with Crippen molar-refractivity contribution in [2.75, 3.05) is 43.4 Å². The summed E-state index contributed by atoms with van der Waals surface area (Å²) in [4.78, 5) is 28.3. The lowest BCUT2D eigenvalue weighted by molar-refractivity contribution is -0.129. The van der Waals surface area contributed by atoms with Gasteiger partial charge < -0.3 is 15.1 Å². The molecule has 2 aromatic heterocycles. The largest absolute Gasteiger partial charge is 0.369 e. The summed E-state index contributed by atoms with van der Waals surface area (Å²) in [6.07, 6.45) is 4.21. The van der Waals surface area contributed by atoms with E-state index in [-0.39, 0.29) is 5.91 Å². The zero-order chi connectivity index (χ0) is 15.4. The summed E-state index contributed by atoms with van der Waals surface area (Å²) in [5.41, 5.74) is 0. The van der Waals surface area contributed by atoms with Crippen molar-refractivity contribution in [1.29, 1.82) is 0 Å². The van der Waals surface area contributed by atoms with Gasteiger partial charge in [0.25, 0.3) is 0 Å². The van der Waals surface area contributed by atoms with Crippen molar-refractivity contribution in [3.8, 4) is 0 Å². The number of aromatic nitrogens is 3. The van der Waals surface area contributed by atoms with Gasteiger partial charge in [-0.1, -0.05) is 0 Å². The molecule has 1 aliphatic rings. The van der Waals surface area contributed by atoms with Crippen molar-refractivity contribution in [2.45, 2.75) is 6.42 Å². The first-order chi connectivity index (χ1) is 10.7. The van der Waals surface area contributed by atoms with Gasteiger partial charge in [-0.3, -0.25) is 4.79 Å². The molecule has 0 bridgehead atoms. The minimum Gasteiger partial charge on any atom is -0.369 e. The lowest BCUT2D eigenvalue weighted by atomic mass is 10.3. The Morgan fingerprint density at radius 2 is 2.23 bits per heavy atom. The molecule has 7 nitrogen and oxygen atoms in total. The van der Waals surface area contributed by atoms with Crippen LogP contribution in [0.2, 0.25) is 0 Å². The van der Waals surface area contributed by atoms with Crippen LogP contribution in [0.4, 0.5) is 11.6 Å². The Kier molecular flexibility index (Phi) is 4.47. The Bertz CT molecular complexity index is 632. The zero-order valence-electron chi connectivity index (χ0n) is 12.4. The van der Waals surface area contributed by atoms with E-state index in [0.717, 1.165) is 42.7 Å². The van der Waals surface area contributed by atoms with Gasteiger partial charge in [0.1, 0.15) is 18.0 Å². The van der Waals surface area contributed by atoms with E-state index < -0.39 is 0 Å². The van der Waals surface area contributed by atoms with Crippen molar-refractivity contribution >= 4 is 28.9 Å². The second-order valence-corrected chi connectivity index (χ2v) is 6.08. The summed E-state index contributed by atoms with van der Waals surface area (Å²) >= 11 is 1.65. The predicted octanol–water partition coefficient (Wildman–Crippen LogP) is 0.866. The molecule has 116 valence electrons. The van der Waals surface area contributed by atoms with E-state index in [1.807, 2.05) is 29.6 Å². The Labute approximate surface area is 133 Å². The highest BCUT2D eigenvalue weighted by atomic mass is 32.1. The van der Waals surface area contributed by atoms with Crippen LogP contribution in [0, 0.1) is 0 Å². The standard InChI is InChI=1S/C14H18N6OS/c1-19-5-6-20(9-14(19)21)12-8-11(17-10-18-12)15-3-2-13-16-4-7-22-13/h4,7-8,10H,2-3,5-6,9H2,1H3,(H,15,17,18). The van der Waals surface area contributed by atoms with Gasteiger partial charge in [0.15, 0.2) is 0 Å². The number of nitrogens with zero attached hydrogens (tertiary/aromatic N) is 5. The SMILES string of the molecule is CN1CCN(c2cc(NCCc3nccs3)ncn2)CC1=O. The van der Waals surface area contributed by atoms with Crippen LogP contribution in [0.5, 0.6) is 0 Å². The molecule has 0 saturated carbocycles. The predicted molar refractivity (Wildman–Crippen MR) is 86.2 cm³/mol. The topological polar surface area (TPSA) is 74.2 Å². The van der Waals surface area contributed by atoms with E-state index in [0.29, 0.717) is 6.54 Å². The number of likely N-dealkylation sites (N-methyl/N-ethyl adjacent to an activating group) is 1. The van der Waals surface area contributed by atoms with Gasteiger partial charge in [0, 0.05) is 50.7 Å². The normalized spacial score (nSPS) is 15.2. The van der Waals surface area contributed by atoms with E-state index in [2.05, 4.69) is 20.3 Å². The number of hydrogen-bond donors (Lipinski definition) is 1. The Balaban J connectivity index is 1.59. The van der Waals surface area contributed by atoms with Gasteiger partial charge in [0.2, 0.25) is 5.91 Å². The fourth-order valence-electron chi connectivity index (χ4n) is 2.24. The molecule has 1 aliphatic heterocycles. The van der Waals surface area contributed by atoms with E-state index in [4.69, 9.17) is 0 Å². The number of thiazole rings is 1. The Morgan fingerprint density at radius 1 is 1.32 bits per heavy atom. The number of anilines is 2. The summed E-state index contributed by atoms with van der Waals surface area (Å²) in [5, 5.41) is 6.35. The van der Waals surface area contributed by atoms with Crippen LogP contribution in [0.15, 0.2) is 24.0 Å². The molecule has 1 saturated heterocycles. The highest BCUT2D eigenvalue weighted by molar-refractivity contribution is 7.09. The molecular formula is C14H18N6OS. The molecule has 1 N–H and O–H groups in total. The molecule has 1 fully saturated rings. The van der Waals surface area contributed by atoms with E-state index in [1.54, 1.807) is 16.2 Å². The molecule has 0 atom stereocenters. The highest BCUT2D eigenvalue weighted by Crippen LogP contribution is 2.16. The molecule has 0 unspecified atom stereocenters. The minimum absolute atomic E-state index is 0.114. The number of hydrogen-bond acceptors (Lipinski definition) is 7. The maximum atomic E-state index is 11.8. The maximum Gasteiger partial charge on any atom is 0.241 e. The van der Waals surface area contributed by atoms with Crippen LogP contribution < -0.4 is 10.2 Å². The summed E-state index contributed by atoms with van der Waals surface area (Å²) in [6, 6.07) is 1.89. The lowest BCUT2D eigenvalue weighted by Gasteiger charge is -2.32. The van der Waals surface area contributed by atoms with E-state index in [9.17, 15) is 4.79 Å². The molecule has 22 heavy (non-hydrogen) atoms. The smallest absolute Gasteiger partial charge is 0.241 e. The average Bonchev–Trinajstić information content (AvgIpc) is 3.04. The molecule has 1 amide bonds. The van der Waals surface area contributed by atoms with Crippen molar-refractivity contribution in [1.82, 2.24) is 19.9 Å². The van der Waals surface area contributed by atoms with Gasteiger partial charge >= 0.3 is 0 Å². The minimum atomic E-state index is 0.114. The van der Waals surface area contributed by atoms with Gasteiger partial charge in [-0.25, -0.2) is 15.0 Å². The third kappa shape index (κ3) is 3.51. The number of rotatable bonds is 5. The van der Waals surface area contributed by atoms with Crippen molar-refractivity contribution in [3.05, 3.63) is 29.0 Å². The molecule has 0 radical (unpaired) electrons. The van der Waals surface area contributed by atoms with Gasteiger partial charge in [-0.05, 0) is 0 Å². The molecule has 3 heterocycles. The van der Waals surface area contributed by atoms with Crippen LogP contribution in [-0.2, 0) is 11.2 Å². The van der Waals surface area contributed by atoms with Crippen LogP contribution in [0.1, 0.15) is 5.01 Å². The molecule has 0 aliphatic carbocycles. The summed E-state index contributed by atoms with van der Waals surface area (Å²) < 4.78 is 0. The number of nitrogens with one attached hydrogen (secondary N) is 1. The monoisotopic (exact) mass is 318 g/mol. The first-order valence-electron chi connectivity index (χ1n) is 7.15. The number of amides is 1. The summed E-state index contributed by atoms with van der Waals surface area (Å²) in [6.45, 7) is 2.64. The van der Waals surface area contributed by atoms with Crippen LogP contribution >= 0.6 is 11.3 Å². The first kappa shape index (κ1) is 14.7. The van der Waals surface area contributed by atoms with Crippen molar-refractivity contribution < 1.29 is 4.79 Å². The van der Waals surface area contributed by atoms with Gasteiger partial charge in [0.05, 0.1) is 11.6 Å². The molecular weight excluding hydrogens is 300 g/mol. The first-order valence-corrected chi connectivity index (χ1v) is 8.03. The lowest BCUT2D eigenvalue weighted by Crippen LogP contribution is -2.48. The van der Waals surface area contributed by atoms with Gasteiger partial charge in [-0.2, -0.15) is 0 Å². The van der Waals surface area contributed by atoms with Crippen molar-refractivity contribution in [2.24, 2.45) is 0 Å². The number of piperazine rings is 1. The Morgan fingerprint density at radius 3 is 3.00 bits per heavy atom. The second kappa shape index (κ2) is 6.69. The Hall–Kier alpha value is -2.22. The van der Waals surface area contributed by atoms with Gasteiger partial charge in [-0.15, -0.1) is 11.3 Å². The summed E-state index contributed by atoms with van der Waals surface area (Å²) in [7, 11) is 1.82. The van der Waals surface area contributed by atoms with E-state index in [1.165, 1.54) is 6.33 Å². The fraction of sp³-hybridized carbons (Fsp3) is 0.429. The molecule has 2 aromatic rings. The maximum absolute atomic E-state index is 11.8. The molecule has 0 aromatic carbocycles. The number of carbonyl (C=O) groups excluding carboxylic acids is 1. The molecule has 0 spiro atoms. The second-order valence-electron chi connectivity index (χ2n) is 5.10. The highest BCUT2D eigenvalue weighted by Gasteiger charge is 2.22. The van der Waals surface area contributed by atoms with Crippen molar-refractivity contribution in [3.63, 3.8) is 0 Å². The number of carbonyl (C=O) groups is 1. The zero-order valence-corrected chi connectivity index (χ0v) is 13.2. The van der Waals surface area contributed by atoms with Crippen LogP contribution in [0.3, 0.4) is 0 Å². The average molecular weight is 318 g/mol. The molecule has 8 heteroatoms. The van der Waals surface area contributed by atoms with Crippen LogP contribution in [0.25, 0.3) is 0 Å². The van der Waals surface area contributed by atoms with Crippen LogP contribution in [-0.4, -0.2) is 59.0 Å². The third-order valence-corrected chi connectivity index (χ3v) is 4.40. The third-order valence-electron chi connectivity index (χ3n) is 3.56. The fourth-order valence-corrected chi connectivity index (χ4v) is 2.87. The summed E-state index contributed by atoms with van der Waals surface area (Å²) in [5.74, 6) is 1.67. The van der Waals surface area contributed by atoms with E-state index >= 15 is 0 Å². The quantitative estimate of drug-likeness (QED) is 0.881. The molecule has 3 rings (SSSR count).